The first kappa shape index (κ1) is 7.09. The van der Waals surface area contributed by atoms with E-state index >= 15 is 0 Å². The number of fused-ring (bicyclic) bond motifs is 1. The van der Waals surface area contributed by atoms with E-state index in [9.17, 15) is 4.39 Å². The maximum atomic E-state index is 12.3. The zero-order chi connectivity index (χ0) is 8.55. The smallest absolute Gasteiger partial charge is 0.131 e. The fourth-order valence-electron chi connectivity index (χ4n) is 1.19. The lowest BCUT2D eigenvalue weighted by Gasteiger charge is -1.91. The molecule has 0 fully saturated rings. The fraction of sp³-hybridized carbons (Fsp3) is 0.125. The molecule has 0 aliphatic rings. The van der Waals surface area contributed by atoms with Gasteiger partial charge >= 0.3 is 0 Å². The van der Waals surface area contributed by atoms with Crippen LogP contribution in [0.25, 0.3) is 10.9 Å². The van der Waals surface area contributed by atoms with E-state index in [1.807, 2.05) is 0 Å². The molecule has 2 aromatic rings. The number of hydrogen-bond acceptors (Lipinski definition) is 2. The van der Waals surface area contributed by atoms with E-state index in [1.54, 1.807) is 18.2 Å². The van der Waals surface area contributed by atoms with Gasteiger partial charge in [0.25, 0.3) is 0 Å². The zero-order valence-corrected chi connectivity index (χ0v) is 6.34. The number of nitrogens with zero attached hydrogens (tertiary/aromatic N) is 1. The number of aromatic nitrogens is 2. The highest BCUT2D eigenvalue weighted by atomic mass is 19.1. The second-order valence-corrected chi connectivity index (χ2v) is 2.61. The molecule has 1 aromatic carbocycles. The van der Waals surface area contributed by atoms with Crippen LogP contribution in [0.1, 0.15) is 5.69 Å². The van der Waals surface area contributed by atoms with Crippen molar-refractivity contribution < 1.29 is 4.39 Å². The van der Waals surface area contributed by atoms with Crippen molar-refractivity contribution in [2.45, 2.75) is 6.67 Å². The fourth-order valence-corrected chi connectivity index (χ4v) is 1.19. The molecule has 0 aliphatic carbocycles. The molecular formula is C8H8FN3. The maximum absolute atomic E-state index is 12.3. The Labute approximate surface area is 68.4 Å². The average Bonchev–Trinajstić information content (AvgIpc) is 2.46. The summed E-state index contributed by atoms with van der Waals surface area (Å²) < 4.78 is 12.3. The third-order valence-electron chi connectivity index (χ3n) is 1.79. The van der Waals surface area contributed by atoms with Gasteiger partial charge in [-0.1, -0.05) is 0 Å². The minimum Gasteiger partial charge on any atom is -0.399 e. The molecule has 0 unspecified atom stereocenters. The van der Waals surface area contributed by atoms with Crippen LogP contribution >= 0.6 is 0 Å². The third kappa shape index (κ3) is 0.922. The van der Waals surface area contributed by atoms with E-state index < -0.39 is 6.67 Å². The van der Waals surface area contributed by atoms with Gasteiger partial charge in [0.1, 0.15) is 6.67 Å². The van der Waals surface area contributed by atoms with Gasteiger partial charge in [-0.15, -0.1) is 0 Å². The van der Waals surface area contributed by atoms with Crippen molar-refractivity contribution in [2.75, 3.05) is 5.73 Å². The number of nitrogens with two attached hydrogens (primary N) is 1. The lowest BCUT2D eigenvalue weighted by atomic mass is 10.2. The molecule has 0 radical (unpaired) electrons. The van der Waals surface area contributed by atoms with Gasteiger partial charge in [-0.2, -0.15) is 5.10 Å². The van der Waals surface area contributed by atoms with Crippen LogP contribution in [0, 0.1) is 0 Å². The summed E-state index contributed by atoms with van der Waals surface area (Å²) in [4.78, 5) is 0. The molecule has 0 amide bonds. The second-order valence-electron chi connectivity index (χ2n) is 2.61. The molecule has 0 bridgehead atoms. The summed E-state index contributed by atoms with van der Waals surface area (Å²) in [7, 11) is 0. The predicted molar refractivity (Wildman–Crippen MR) is 45.3 cm³/mol. The van der Waals surface area contributed by atoms with Crippen LogP contribution in [-0.4, -0.2) is 10.2 Å². The molecule has 2 rings (SSSR count). The van der Waals surface area contributed by atoms with Gasteiger partial charge in [0.15, 0.2) is 0 Å². The van der Waals surface area contributed by atoms with Gasteiger partial charge in [0.05, 0.1) is 11.2 Å². The molecule has 12 heavy (non-hydrogen) atoms. The van der Waals surface area contributed by atoms with E-state index in [1.165, 1.54) is 0 Å². The van der Waals surface area contributed by atoms with Crippen molar-refractivity contribution in [3.63, 3.8) is 0 Å². The number of halogens is 1. The van der Waals surface area contributed by atoms with Gasteiger partial charge in [-0.25, -0.2) is 4.39 Å². The van der Waals surface area contributed by atoms with E-state index in [2.05, 4.69) is 10.2 Å². The van der Waals surface area contributed by atoms with Gasteiger partial charge in [-0.05, 0) is 18.2 Å². The lowest BCUT2D eigenvalue weighted by molar-refractivity contribution is 0.477. The molecule has 62 valence electrons. The van der Waals surface area contributed by atoms with Crippen molar-refractivity contribution in [2.24, 2.45) is 0 Å². The number of rotatable bonds is 1. The second kappa shape index (κ2) is 2.48. The van der Waals surface area contributed by atoms with Crippen LogP contribution in [0.15, 0.2) is 18.2 Å². The quantitative estimate of drug-likeness (QED) is 0.631. The van der Waals surface area contributed by atoms with E-state index in [0.717, 1.165) is 5.39 Å². The summed E-state index contributed by atoms with van der Waals surface area (Å²) in [6.45, 7) is -0.527. The molecule has 1 aromatic heterocycles. The van der Waals surface area contributed by atoms with Crippen molar-refractivity contribution in [3.05, 3.63) is 23.9 Å². The lowest BCUT2D eigenvalue weighted by Crippen LogP contribution is -1.83. The third-order valence-corrected chi connectivity index (χ3v) is 1.79. The highest BCUT2D eigenvalue weighted by Gasteiger charge is 2.03. The Morgan fingerprint density at radius 2 is 2.33 bits per heavy atom. The minimum absolute atomic E-state index is 0.505. The zero-order valence-electron chi connectivity index (χ0n) is 6.34. The van der Waals surface area contributed by atoms with Crippen LogP contribution in [0.5, 0.6) is 0 Å². The summed E-state index contributed by atoms with van der Waals surface area (Å²) in [5, 5.41) is 7.31. The van der Waals surface area contributed by atoms with Gasteiger partial charge in [0.2, 0.25) is 0 Å². The normalized spacial score (nSPS) is 10.8. The standard InChI is InChI=1S/C8H8FN3/c9-4-8-6-2-1-5(10)3-7(6)11-12-8/h1-3H,4,10H2,(H,11,12). The van der Waals surface area contributed by atoms with Gasteiger partial charge < -0.3 is 5.73 Å². The number of benzene rings is 1. The Balaban J connectivity index is 2.73. The first-order valence-electron chi connectivity index (χ1n) is 3.59. The molecule has 0 saturated heterocycles. The molecule has 4 heteroatoms. The monoisotopic (exact) mass is 165 g/mol. The number of H-pyrrole nitrogens is 1. The average molecular weight is 165 g/mol. The summed E-state index contributed by atoms with van der Waals surface area (Å²) >= 11 is 0. The van der Waals surface area contributed by atoms with E-state index in [4.69, 9.17) is 5.73 Å². The molecule has 0 saturated carbocycles. The van der Waals surface area contributed by atoms with Crippen molar-refractivity contribution >= 4 is 16.6 Å². The number of nitrogen functional groups attached to an aromatic ring is 1. The largest absolute Gasteiger partial charge is 0.399 e. The first-order chi connectivity index (χ1) is 5.81. The van der Waals surface area contributed by atoms with Crippen LogP contribution in [0.4, 0.5) is 10.1 Å². The molecule has 0 aliphatic heterocycles. The Hall–Kier alpha value is -1.58. The first-order valence-corrected chi connectivity index (χ1v) is 3.59. The topological polar surface area (TPSA) is 54.7 Å². The predicted octanol–water partition coefficient (Wildman–Crippen LogP) is 1.61. The molecule has 0 spiro atoms. The summed E-state index contributed by atoms with van der Waals surface area (Å²) in [6, 6.07) is 5.21. The molecule has 3 N–H and O–H groups in total. The van der Waals surface area contributed by atoms with Crippen molar-refractivity contribution in [1.82, 2.24) is 10.2 Å². The van der Waals surface area contributed by atoms with E-state index in [-0.39, 0.29) is 0 Å². The number of aromatic amines is 1. The molecule has 1 heterocycles. The number of nitrogens with one attached hydrogen (secondary N) is 1. The van der Waals surface area contributed by atoms with Crippen LogP contribution < -0.4 is 5.73 Å². The number of hydrogen-bond donors (Lipinski definition) is 2. The van der Waals surface area contributed by atoms with Gasteiger partial charge in [0, 0.05) is 11.1 Å². The Bertz CT molecular complexity index is 408. The summed E-state index contributed by atoms with van der Waals surface area (Å²) in [6.07, 6.45) is 0. The van der Waals surface area contributed by atoms with Crippen molar-refractivity contribution in [1.29, 1.82) is 0 Å². The summed E-state index contributed by atoms with van der Waals surface area (Å²) in [5.41, 5.74) is 7.38. The SMILES string of the molecule is Nc1ccc2c(CF)[nH]nc2c1. The minimum atomic E-state index is -0.527. The van der Waals surface area contributed by atoms with E-state index in [0.29, 0.717) is 16.9 Å². The van der Waals surface area contributed by atoms with Crippen LogP contribution in [0.2, 0.25) is 0 Å². The summed E-state index contributed by atoms with van der Waals surface area (Å²) in [5.74, 6) is 0. The van der Waals surface area contributed by atoms with Gasteiger partial charge in [-0.3, -0.25) is 5.10 Å². The Kier molecular flexibility index (Phi) is 1.46. The Morgan fingerprint density at radius 3 is 3.08 bits per heavy atom. The maximum Gasteiger partial charge on any atom is 0.131 e. The molecular weight excluding hydrogens is 157 g/mol. The molecule has 3 nitrogen and oxygen atoms in total. The van der Waals surface area contributed by atoms with Crippen molar-refractivity contribution in [3.8, 4) is 0 Å². The highest BCUT2D eigenvalue weighted by molar-refractivity contribution is 5.83. The van der Waals surface area contributed by atoms with Crippen LogP contribution in [-0.2, 0) is 6.67 Å². The number of anilines is 1. The Morgan fingerprint density at radius 1 is 1.50 bits per heavy atom. The number of alkyl halides is 1. The highest BCUT2D eigenvalue weighted by Crippen LogP contribution is 2.18. The van der Waals surface area contributed by atoms with Crippen LogP contribution in [0.3, 0.4) is 0 Å². The molecule has 0 atom stereocenters.